The second-order valence-electron chi connectivity index (χ2n) is 8.88. The lowest BCUT2D eigenvalue weighted by atomic mass is 9.90. The van der Waals surface area contributed by atoms with Gasteiger partial charge >= 0.3 is 18.2 Å². The molecule has 2 aromatic carbocycles. The van der Waals surface area contributed by atoms with Crippen molar-refractivity contribution in [3.8, 4) is 0 Å². The van der Waals surface area contributed by atoms with Crippen molar-refractivity contribution in [2.24, 2.45) is 0 Å². The van der Waals surface area contributed by atoms with E-state index in [4.69, 9.17) is 19.6 Å². The van der Waals surface area contributed by atoms with Gasteiger partial charge in [0, 0.05) is 6.42 Å². The first-order chi connectivity index (χ1) is 15.8. The van der Waals surface area contributed by atoms with Crippen molar-refractivity contribution < 1.29 is 29.1 Å². The van der Waals surface area contributed by atoms with Crippen LogP contribution in [0.1, 0.15) is 89.2 Å². The van der Waals surface area contributed by atoms with Gasteiger partial charge in [-0.25, -0.2) is 9.59 Å². The minimum Gasteiger partial charge on any atom is -0.289 e. The van der Waals surface area contributed by atoms with E-state index in [1.807, 2.05) is 69.2 Å². The molecule has 0 aliphatic rings. The second-order valence-corrected chi connectivity index (χ2v) is 8.88. The first kappa shape index (κ1) is 27.5. The van der Waals surface area contributed by atoms with E-state index in [9.17, 15) is 9.59 Å². The predicted molar refractivity (Wildman–Crippen MR) is 131 cm³/mol. The Bertz CT molecular complexity index is 969. The summed E-state index contributed by atoms with van der Waals surface area (Å²) in [5.74, 6) is -1.29. The highest BCUT2D eigenvalue weighted by molar-refractivity contribution is 5.94. The highest BCUT2D eigenvalue weighted by Gasteiger charge is 2.26. The van der Waals surface area contributed by atoms with Gasteiger partial charge in [0.1, 0.15) is 0 Å². The molecular formula is C28H36O6. The molecule has 0 unspecified atom stereocenters. The van der Waals surface area contributed by atoms with Crippen LogP contribution in [0.25, 0.3) is 0 Å². The maximum atomic E-state index is 12.8. The minimum atomic E-state index is -0.644. The Kier molecular flexibility index (Phi) is 9.03. The van der Waals surface area contributed by atoms with E-state index >= 15 is 0 Å². The molecule has 0 aromatic heterocycles. The van der Waals surface area contributed by atoms with Crippen molar-refractivity contribution in [1.29, 1.82) is 0 Å². The van der Waals surface area contributed by atoms with Gasteiger partial charge in [-0.1, -0.05) is 6.92 Å². The van der Waals surface area contributed by atoms with Crippen molar-refractivity contribution in [3.63, 3.8) is 0 Å². The summed E-state index contributed by atoms with van der Waals surface area (Å²) in [5.41, 5.74) is 10.6. The summed E-state index contributed by atoms with van der Waals surface area (Å²) in [4.78, 5) is 46.1. The van der Waals surface area contributed by atoms with Crippen LogP contribution in [-0.4, -0.2) is 11.9 Å². The first-order valence-electron chi connectivity index (χ1n) is 11.4. The van der Waals surface area contributed by atoms with Crippen LogP contribution in [0, 0.1) is 82.5 Å². The molecule has 0 fully saturated rings. The Balaban J connectivity index is 2.15. The van der Waals surface area contributed by atoms with Crippen molar-refractivity contribution in [3.05, 3.63) is 80.0 Å². The topological polar surface area (TPSA) is 71.1 Å². The van der Waals surface area contributed by atoms with Crippen LogP contribution in [0.2, 0.25) is 0 Å². The lowest BCUT2D eigenvalue weighted by Gasteiger charge is -2.19. The molecule has 0 amide bonds. The minimum absolute atomic E-state index is 0.163. The Morgan fingerprint density at radius 1 is 0.500 bits per heavy atom. The highest BCUT2D eigenvalue weighted by Crippen LogP contribution is 2.29. The van der Waals surface area contributed by atoms with Gasteiger partial charge in [-0.3, -0.25) is 9.78 Å². The van der Waals surface area contributed by atoms with E-state index in [1.54, 1.807) is 0 Å². The molecule has 34 heavy (non-hydrogen) atoms. The first-order valence-corrected chi connectivity index (χ1v) is 11.4. The number of carbonyl (C=O) groups excluding carboxylic acids is 2. The number of hydrogen-bond acceptors (Lipinski definition) is 6. The standard InChI is InChI=1S/C28H36O6/c1-12-13-24(31-33-27(29)25-20(8)16(4)14(2)17(5)21(25)9)32-34-28(30)26-22(10)18(6)15(3)19(7)23(26)11/h1,12-13H2,2-11H3. The average Bonchev–Trinajstić information content (AvgIpc) is 2.80. The quantitative estimate of drug-likeness (QED) is 0.315. The van der Waals surface area contributed by atoms with E-state index < -0.39 is 11.9 Å². The molecule has 6 nitrogen and oxygen atoms in total. The van der Waals surface area contributed by atoms with Crippen LogP contribution in [0.15, 0.2) is 0 Å². The fourth-order valence-corrected chi connectivity index (χ4v) is 4.11. The monoisotopic (exact) mass is 468 g/mol. The smallest absolute Gasteiger partial charge is 0.289 e. The van der Waals surface area contributed by atoms with Crippen LogP contribution in [0.5, 0.6) is 0 Å². The zero-order valence-electron chi connectivity index (χ0n) is 22.1. The van der Waals surface area contributed by atoms with E-state index in [-0.39, 0.29) is 12.7 Å². The van der Waals surface area contributed by atoms with Crippen molar-refractivity contribution in [2.45, 2.75) is 82.1 Å². The molecule has 0 aliphatic heterocycles. The highest BCUT2D eigenvalue weighted by atomic mass is 17.3. The van der Waals surface area contributed by atoms with Gasteiger partial charge < -0.3 is 0 Å². The van der Waals surface area contributed by atoms with Gasteiger partial charge in [0.15, 0.2) is 0 Å². The van der Waals surface area contributed by atoms with Crippen LogP contribution < -0.4 is 0 Å². The Morgan fingerprint density at radius 2 is 0.765 bits per heavy atom. The van der Waals surface area contributed by atoms with Crippen LogP contribution in [0.3, 0.4) is 0 Å². The summed E-state index contributed by atoms with van der Waals surface area (Å²) in [6.07, 6.45) is 0.392. The fourth-order valence-electron chi connectivity index (χ4n) is 4.11. The molecule has 2 radical (unpaired) electrons. The maximum Gasteiger partial charge on any atom is 0.373 e. The van der Waals surface area contributed by atoms with Gasteiger partial charge in [0.25, 0.3) is 0 Å². The van der Waals surface area contributed by atoms with Gasteiger partial charge in [0.05, 0.1) is 11.1 Å². The second kappa shape index (κ2) is 11.2. The predicted octanol–water partition coefficient (Wildman–Crippen LogP) is 6.75. The lowest BCUT2D eigenvalue weighted by Crippen LogP contribution is -2.19. The maximum absolute atomic E-state index is 12.8. The third kappa shape index (κ3) is 5.34. The molecule has 2 rings (SSSR count). The molecule has 0 atom stereocenters. The van der Waals surface area contributed by atoms with Crippen molar-refractivity contribution in [2.75, 3.05) is 0 Å². The molecule has 6 heteroatoms. The molecular weight excluding hydrogens is 432 g/mol. The fraction of sp³-hybridized carbons (Fsp3) is 0.429. The Hall–Kier alpha value is -2.70. The SMILES string of the molecule is [CH2]CC[C](OOC(=O)c1c(C)c(C)c(C)c(C)c1C)OOC(=O)c1c(C)c(C)c(C)c(C)c1C. The summed E-state index contributed by atoms with van der Waals surface area (Å²) in [6.45, 7) is 23.2. The van der Waals surface area contributed by atoms with Crippen LogP contribution in [-0.2, 0) is 19.6 Å². The molecule has 0 saturated heterocycles. The normalized spacial score (nSPS) is 11.2. The van der Waals surface area contributed by atoms with E-state index in [0.29, 0.717) is 17.5 Å². The third-order valence-corrected chi connectivity index (χ3v) is 7.21. The molecule has 0 saturated carbocycles. The van der Waals surface area contributed by atoms with Gasteiger partial charge in [-0.05, 0) is 131 Å². The summed E-state index contributed by atoms with van der Waals surface area (Å²) in [5, 5.41) is 0. The van der Waals surface area contributed by atoms with E-state index in [1.165, 1.54) is 0 Å². The summed E-state index contributed by atoms with van der Waals surface area (Å²) in [7, 11) is 0. The lowest BCUT2D eigenvalue weighted by molar-refractivity contribution is -0.363. The number of rotatable bonds is 8. The molecule has 184 valence electrons. The average molecular weight is 469 g/mol. The molecule has 0 spiro atoms. The molecule has 2 aromatic rings. The molecule has 0 N–H and O–H groups in total. The van der Waals surface area contributed by atoms with Crippen molar-refractivity contribution >= 4 is 11.9 Å². The summed E-state index contributed by atoms with van der Waals surface area (Å²) in [6, 6.07) is 0. The van der Waals surface area contributed by atoms with Crippen molar-refractivity contribution in [1.82, 2.24) is 0 Å². The Labute approximate surface area is 203 Å². The zero-order valence-corrected chi connectivity index (χ0v) is 22.1. The van der Waals surface area contributed by atoms with Gasteiger partial charge in [-0.2, -0.15) is 0 Å². The third-order valence-electron chi connectivity index (χ3n) is 7.21. The van der Waals surface area contributed by atoms with Crippen LogP contribution in [0.4, 0.5) is 0 Å². The zero-order chi connectivity index (χ0) is 25.9. The largest absolute Gasteiger partial charge is 0.373 e. The van der Waals surface area contributed by atoms with Gasteiger partial charge in [-0.15, -0.1) is 9.78 Å². The summed E-state index contributed by atoms with van der Waals surface area (Å²) >= 11 is 0. The number of hydrogen-bond donors (Lipinski definition) is 0. The number of benzene rings is 2. The van der Waals surface area contributed by atoms with E-state index in [2.05, 4.69) is 6.92 Å². The van der Waals surface area contributed by atoms with Gasteiger partial charge in [0.2, 0.25) is 0 Å². The van der Waals surface area contributed by atoms with E-state index in [0.717, 1.165) is 55.6 Å². The van der Waals surface area contributed by atoms with Crippen LogP contribution >= 0.6 is 0 Å². The number of carbonyl (C=O) groups is 2. The molecule has 0 bridgehead atoms. The summed E-state index contributed by atoms with van der Waals surface area (Å²) < 4.78 is 0. The molecule has 0 heterocycles. The molecule has 0 aliphatic carbocycles. The Morgan fingerprint density at radius 3 is 1.03 bits per heavy atom.